The van der Waals surface area contributed by atoms with Gasteiger partial charge in [0.25, 0.3) is 0 Å². The van der Waals surface area contributed by atoms with Crippen LogP contribution in [0.2, 0.25) is 0 Å². The lowest BCUT2D eigenvalue weighted by Gasteiger charge is -1.99. The molecule has 0 atom stereocenters. The van der Waals surface area contributed by atoms with E-state index >= 15 is 0 Å². The minimum atomic E-state index is -0.666. The summed E-state index contributed by atoms with van der Waals surface area (Å²) in [4.78, 5) is 21.5. The van der Waals surface area contributed by atoms with Crippen LogP contribution in [-0.4, -0.2) is 19.0 Å². The zero-order chi connectivity index (χ0) is 9.68. The molecule has 0 amide bonds. The molecule has 0 aliphatic heterocycles. The van der Waals surface area contributed by atoms with Gasteiger partial charge in [0.05, 0.1) is 7.11 Å². The normalized spacial score (nSPS) is 8.69. The van der Waals surface area contributed by atoms with E-state index in [-0.39, 0.29) is 5.57 Å². The molecule has 0 unspecified atom stereocenters. The Bertz CT molecular complexity index is 348. The predicted octanol–water partition coefficient (Wildman–Crippen LogP) is 1.07. The van der Waals surface area contributed by atoms with Gasteiger partial charge >= 0.3 is 5.97 Å². The third-order valence-electron chi connectivity index (χ3n) is 1.55. The van der Waals surface area contributed by atoms with Crippen LogP contribution in [0, 0.1) is 0 Å². The van der Waals surface area contributed by atoms with Crippen LogP contribution in [0.4, 0.5) is 0 Å². The fraction of sp³-hybridized carbons (Fsp3) is 0.100. The number of hydrogen-bond donors (Lipinski definition) is 0. The van der Waals surface area contributed by atoms with Gasteiger partial charge in [-0.15, -0.1) is 0 Å². The summed E-state index contributed by atoms with van der Waals surface area (Å²) in [5.74, 6) is 0.896. The van der Waals surface area contributed by atoms with Crippen molar-refractivity contribution in [2.75, 3.05) is 7.11 Å². The molecule has 0 N–H and O–H groups in total. The Morgan fingerprint density at radius 3 is 2.38 bits per heavy atom. The summed E-state index contributed by atoms with van der Waals surface area (Å²) in [6.45, 7) is 0. The minimum absolute atomic E-state index is 0.0805. The van der Waals surface area contributed by atoms with E-state index in [1.165, 1.54) is 7.11 Å². The maximum atomic E-state index is 11.0. The number of carbonyl (C=O) groups excluding carboxylic acids is 2. The number of hydrogen-bond acceptors (Lipinski definition) is 3. The highest BCUT2D eigenvalue weighted by molar-refractivity contribution is 6.25. The molecule has 0 saturated carbocycles. The van der Waals surface area contributed by atoms with Gasteiger partial charge in [-0.05, 0) is 0 Å². The van der Waals surface area contributed by atoms with Crippen molar-refractivity contribution in [2.45, 2.75) is 0 Å². The molecule has 0 aromatic heterocycles. The van der Waals surface area contributed by atoms with Gasteiger partial charge < -0.3 is 4.74 Å². The first-order valence-corrected chi connectivity index (χ1v) is 3.68. The molecule has 0 heterocycles. The van der Waals surface area contributed by atoms with Gasteiger partial charge in [0.1, 0.15) is 5.94 Å². The molecule has 0 radical (unpaired) electrons. The molecule has 1 aromatic rings. The van der Waals surface area contributed by atoms with Crippen molar-refractivity contribution in [1.29, 1.82) is 0 Å². The standard InChI is InChI=1S/C10H8O3/c1-13-10(12)9(7-11)8-5-3-2-4-6-8/h2-6H,1H3. The van der Waals surface area contributed by atoms with Crippen LogP contribution in [-0.2, 0) is 14.3 Å². The molecule has 0 aliphatic rings. The number of esters is 1. The fourth-order valence-corrected chi connectivity index (χ4v) is 0.925. The van der Waals surface area contributed by atoms with Crippen molar-refractivity contribution in [2.24, 2.45) is 0 Å². The smallest absolute Gasteiger partial charge is 0.349 e. The van der Waals surface area contributed by atoms with Gasteiger partial charge in [-0.1, -0.05) is 30.3 Å². The number of benzene rings is 1. The van der Waals surface area contributed by atoms with Gasteiger partial charge in [-0.25, -0.2) is 9.59 Å². The lowest BCUT2D eigenvalue weighted by Crippen LogP contribution is -2.04. The summed E-state index contributed by atoms with van der Waals surface area (Å²) >= 11 is 0. The van der Waals surface area contributed by atoms with Crippen LogP contribution in [0.1, 0.15) is 5.56 Å². The van der Waals surface area contributed by atoms with Crippen LogP contribution in [0.15, 0.2) is 30.3 Å². The Morgan fingerprint density at radius 2 is 1.92 bits per heavy atom. The first kappa shape index (κ1) is 9.23. The lowest BCUT2D eigenvalue weighted by molar-refractivity contribution is -0.133. The average Bonchev–Trinajstić information content (AvgIpc) is 2.20. The zero-order valence-electron chi connectivity index (χ0n) is 7.11. The van der Waals surface area contributed by atoms with E-state index in [1.54, 1.807) is 36.3 Å². The van der Waals surface area contributed by atoms with Crippen LogP contribution in [0.25, 0.3) is 5.57 Å². The van der Waals surface area contributed by atoms with E-state index in [0.717, 1.165) is 0 Å². The van der Waals surface area contributed by atoms with Crippen molar-refractivity contribution in [3.8, 4) is 0 Å². The van der Waals surface area contributed by atoms with E-state index < -0.39 is 5.97 Å². The molecule has 0 spiro atoms. The summed E-state index contributed by atoms with van der Waals surface area (Å²) in [6.07, 6.45) is 0. The summed E-state index contributed by atoms with van der Waals surface area (Å²) < 4.78 is 4.42. The molecule has 1 rings (SSSR count). The van der Waals surface area contributed by atoms with Crippen LogP contribution >= 0.6 is 0 Å². The first-order valence-electron chi connectivity index (χ1n) is 3.68. The van der Waals surface area contributed by atoms with Gasteiger partial charge in [-0.2, -0.15) is 0 Å². The Kier molecular flexibility index (Phi) is 3.01. The molecular weight excluding hydrogens is 168 g/mol. The number of ether oxygens (including phenoxy) is 1. The number of rotatable bonds is 2. The van der Waals surface area contributed by atoms with E-state index in [9.17, 15) is 9.59 Å². The summed E-state index contributed by atoms with van der Waals surface area (Å²) in [7, 11) is 1.22. The predicted molar refractivity (Wildman–Crippen MR) is 47.6 cm³/mol. The van der Waals surface area contributed by atoms with Crippen LogP contribution < -0.4 is 0 Å². The van der Waals surface area contributed by atoms with E-state index in [4.69, 9.17) is 0 Å². The highest BCUT2D eigenvalue weighted by Crippen LogP contribution is 2.11. The van der Waals surface area contributed by atoms with Crippen molar-refractivity contribution < 1.29 is 14.3 Å². The van der Waals surface area contributed by atoms with Crippen LogP contribution in [0.3, 0.4) is 0 Å². The molecule has 66 valence electrons. The van der Waals surface area contributed by atoms with Crippen molar-refractivity contribution in [1.82, 2.24) is 0 Å². The third-order valence-corrected chi connectivity index (χ3v) is 1.55. The summed E-state index contributed by atoms with van der Waals surface area (Å²) in [5, 5.41) is 0. The molecule has 0 bridgehead atoms. The highest BCUT2D eigenvalue weighted by atomic mass is 16.5. The lowest BCUT2D eigenvalue weighted by atomic mass is 10.1. The Labute approximate surface area is 75.6 Å². The van der Waals surface area contributed by atoms with Gasteiger partial charge in [0.2, 0.25) is 0 Å². The molecule has 3 nitrogen and oxygen atoms in total. The maximum Gasteiger partial charge on any atom is 0.349 e. The molecule has 1 aromatic carbocycles. The van der Waals surface area contributed by atoms with Crippen molar-refractivity contribution in [3.63, 3.8) is 0 Å². The van der Waals surface area contributed by atoms with Gasteiger partial charge in [0, 0.05) is 5.56 Å². The maximum absolute atomic E-state index is 11.0. The summed E-state index contributed by atoms with van der Waals surface area (Å²) in [5.41, 5.74) is 0.437. The molecule has 0 saturated heterocycles. The second-order valence-corrected chi connectivity index (χ2v) is 2.33. The van der Waals surface area contributed by atoms with Crippen molar-refractivity contribution >= 4 is 17.5 Å². The number of carbonyl (C=O) groups is 1. The van der Waals surface area contributed by atoms with Crippen LogP contribution in [0.5, 0.6) is 0 Å². The highest BCUT2D eigenvalue weighted by Gasteiger charge is 2.12. The molecule has 0 fully saturated rings. The summed E-state index contributed by atoms with van der Waals surface area (Å²) in [6, 6.07) is 8.56. The second-order valence-electron chi connectivity index (χ2n) is 2.33. The van der Waals surface area contributed by atoms with E-state index in [2.05, 4.69) is 4.74 Å². The van der Waals surface area contributed by atoms with Crippen molar-refractivity contribution in [3.05, 3.63) is 35.9 Å². The average molecular weight is 176 g/mol. The number of methoxy groups -OCH3 is 1. The van der Waals surface area contributed by atoms with Gasteiger partial charge in [-0.3, -0.25) is 0 Å². The fourth-order valence-electron chi connectivity index (χ4n) is 0.925. The van der Waals surface area contributed by atoms with E-state index in [0.29, 0.717) is 5.56 Å². The van der Waals surface area contributed by atoms with Gasteiger partial charge in [0.15, 0.2) is 5.57 Å². The zero-order valence-corrected chi connectivity index (χ0v) is 7.11. The molecule has 13 heavy (non-hydrogen) atoms. The first-order chi connectivity index (χ1) is 6.29. The largest absolute Gasteiger partial charge is 0.465 e. The Balaban J connectivity index is 3.07. The third kappa shape index (κ3) is 2.04. The molecular formula is C10H8O3. The molecule has 3 heteroatoms. The molecule has 0 aliphatic carbocycles. The topological polar surface area (TPSA) is 43.4 Å². The quantitative estimate of drug-likeness (QED) is 0.384. The Hall–Kier alpha value is -1.86. The van der Waals surface area contributed by atoms with E-state index in [1.807, 2.05) is 0 Å². The Morgan fingerprint density at radius 1 is 1.31 bits per heavy atom. The second kappa shape index (κ2) is 4.24. The monoisotopic (exact) mass is 176 g/mol. The minimum Gasteiger partial charge on any atom is -0.465 e. The SMILES string of the molecule is COC(=O)C(=C=O)c1ccccc1.